The van der Waals surface area contributed by atoms with Crippen LogP contribution in [0, 0.1) is 0 Å². The number of halogens is 1. The lowest BCUT2D eigenvalue weighted by atomic mass is 10.3. The molecule has 0 spiro atoms. The van der Waals surface area contributed by atoms with Crippen LogP contribution in [0.3, 0.4) is 0 Å². The smallest absolute Gasteiger partial charge is 0.325 e. The second-order valence-corrected chi connectivity index (χ2v) is 28.8. The Morgan fingerprint density at radius 2 is 0.900 bits per heavy atom. The van der Waals surface area contributed by atoms with Crippen LogP contribution in [-0.2, 0) is 0 Å². The molecule has 0 unspecified atom stereocenters. The van der Waals surface area contributed by atoms with Crippen molar-refractivity contribution in [2.24, 2.45) is 0 Å². The summed E-state index contributed by atoms with van der Waals surface area (Å²) in [6.45, 7) is 15.0. The first-order valence-corrected chi connectivity index (χ1v) is 20.3. The Bertz CT molecular complexity index is 895. The van der Waals surface area contributed by atoms with E-state index in [1.54, 1.807) is 0 Å². The monoisotopic (exact) mass is 512 g/mol. The summed E-state index contributed by atoms with van der Waals surface area (Å²) in [5.74, 6) is 0.956. The SMILES string of the molecule is C[Si](C)(C)C(Br)([Si](C)(C)C)[Si](Oc1ccccc1)(c1ccccc1)c1ccccc1. The van der Waals surface area contributed by atoms with Crippen LogP contribution in [0.5, 0.6) is 5.75 Å². The molecule has 0 heterocycles. The van der Waals surface area contributed by atoms with Gasteiger partial charge in [0.1, 0.15) is 5.75 Å². The van der Waals surface area contributed by atoms with E-state index in [4.69, 9.17) is 4.43 Å². The molecule has 0 amide bonds. The largest absolute Gasteiger partial charge is 0.534 e. The van der Waals surface area contributed by atoms with Crippen LogP contribution < -0.4 is 14.8 Å². The molecule has 0 aliphatic heterocycles. The van der Waals surface area contributed by atoms with E-state index in [9.17, 15) is 0 Å². The molecule has 0 fully saturated rings. The van der Waals surface area contributed by atoms with Crippen molar-refractivity contribution in [1.29, 1.82) is 0 Å². The molecule has 0 radical (unpaired) electrons. The average molecular weight is 514 g/mol. The zero-order valence-electron chi connectivity index (χ0n) is 18.9. The van der Waals surface area contributed by atoms with Crippen molar-refractivity contribution >= 4 is 50.8 Å². The number of rotatable bonds is 7. The van der Waals surface area contributed by atoms with Crippen LogP contribution in [0.1, 0.15) is 0 Å². The van der Waals surface area contributed by atoms with Gasteiger partial charge in [0.2, 0.25) is 0 Å². The zero-order chi connectivity index (χ0) is 22.0. The van der Waals surface area contributed by atoms with Crippen molar-refractivity contribution in [2.45, 2.75) is 42.5 Å². The minimum absolute atomic E-state index is 0.0431. The van der Waals surface area contributed by atoms with Crippen LogP contribution in [0.4, 0.5) is 0 Å². The third kappa shape index (κ3) is 3.93. The zero-order valence-corrected chi connectivity index (χ0v) is 23.5. The highest BCUT2D eigenvalue weighted by molar-refractivity contribution is 9.12. The summed E-state index contributed by atoms with van der Waals surface area (Å²) in [4.78, 5) is 0. The maximum atomic E-state index is 7.35. The van der Waals surface area contributed by atoms with Crippen molar-refractivity contribution in [3.05, 3.63) is 91.0 Å². The van der Waals surface area contributed by atoms with Crippen LogP contribution >= 0.6 is 15.9 Å². The highest BCUT2D eigenvalue weighted by atomic mass is 79.9. The predicted molar refractivity (Wildman–Crippen MR) is 143 cm³/mol. The van der Waals surface area contributed by atoms with Gasteiger partial charge in [-0.25, -0.2) is 0 Å². The van der Waals surface area contributed by atoms with Gasteiger partial charge in [-0.2, -0.15) is 0 Å². The number of para-hydroxylation sites is 1. The van der Waals surface area contributed by atoms with Gasteiger partial charge in [0.25, 0.3) is 0 Å². The van der Waals surface area contributed by atoms with Crippen LogP contribution in [-0.4, -0.2) is 27.7 Å². The third-order valence-electron chi connectivity index (χ3n) is 5.93. The van der Waals surface area contributed by atoms with Gasteiger partial charge in [0, 0.05) is 0 Å². The fourth-order valence-corrected chi connectivity index (χ4v) is 29.4. The summed E-state index contributed by atoms with van der Waals surface area (Å²) in [6.07, 6.45) is 0. The van der Waals surface area contributed by atoms with Crippen molar-refractivity contribution in [1.82, 2.24) is 0 Å². The molecule has 5 heteroatoms. The molecule has 0 N–H and O–H groups in total. The van der Waals surface area contributed by atoms with E-state index in [0.29, 0.717) is 0 Å². The van der Waals surface area contributed by atoms with E-state index >= 15 is 0 Å². The first kappa shape index (κ1) is 23.3. The highest BCUT2D eigenvalue weighted by Crippen LogP contribution is 2.46. The molecule has 3 aromatic carbocycles. The second kappa shape index (κ2) is 8.61. The fourth-order valence-electron chi connectivity index (χ4n) is 4.94. The lowest BCUT2D eigenvalue weighted by Crippen LogP contribution is -2.87. The van der Waals surface area contributed by atoms with Crippen molar-refractivity contribution in [3.63, 3.8) is 0 Å². The van der Waals surface area contributed by atoms with E-state index in [2.05, 4.69) is 146 Å². The lowest BCUT2D eigenvalue weighted by Gasteiger charge is -2.57. The summed E-state index contributed by atoms with van der Waals surface area (Å²) >= 11 is 4.54. The molecule has 0 bridgehead atoms. The molecule has 158 valence electrons. The van der Waals surface area contributed by atoms with Gasteiger partial charge >= 0.3 is 8.32 Å². The van der Waals surface area contributed by atoms with Crippen molar-refractivity contribution < 1.29 is 4.43 Å². The molecule has 0 atom stereocenters. The van der Waals surface area contributed by atoms with Crippen LogP contribution in [0.15, 0.2) is 91.0 Å². The first-order chi connectivity index (χ1) is 14.0. The molecule has 0 saturated heterocycles. The van der Waals surface area contributed by atoms with E-state index in [0.717, 1.165) is 5.75 Å². The Kier molecular flexibility index (Phi) is 6.68. The second-order valence-electron chi connectivity index (χ2n) is 9.99. The molecule has 3 rings (SSSR count). The maximum absolute atomic E-state index is 7.35. The minimum Gasteiger partial charge on any atom is -0.534 e. The normalized spacial score (nSPS) is 13.2. The van der Waals surface area contributed by atoms with E-state index in [1.807, 2.05) is 0 Å². The van der Waals surface area contributed by atoms with Crippen LogP contribution in [0.25, 0.3) is 0 Å². The van der Waals surface area contributed by atoms with Gasteiger partial charge in [-0.3, -0.25) is 0 Å². The highest BCUT2D eigenvalue weighted by Gasteiger charge is 2.69. The molecule has 30 heavy (non-hydrogen) atoms. The Labute approximate surface area is 193 Å². The Morgan fingerprint density at radius 1 is 0.567 bits per heavy atom. The van der Waals surface area contributed by atoms with E-state index < -0.39 is 24.5 Å². The Balaban J connectivity index is 2.48. The summed E-state index contributed by atoms with van der Waals surface area (Å²) in [5, 5.41) is 2.67. The molecule has 0 aliphatic rings. The molecular weight excluding hydrogens is 480 g/mol. The molecular formula is C25H33BrOSi3. The molecule has 0 aliphatic carbocycles. The fraction of sp³-hybridized carbons (Fsp3) is 0.280. The van der Waals surface area contributed by atoms with E-state index in [-0.39, 0.29) is 3.19 Å². The maximum Gasteiger partial charge on any atom is 0.325 e. The lowest BCUT2D eigenvalue weighted by molar-refractivity contribution is 0.561. The number of alkyl halides is 1. The van der Waals surface area contributed by atoms with Gasteiger partial charge in [-0.15, -0.1) is 0 Å². The molecule has 3 aromatic rings. The average Bonchev–Trinajstić information content (AvgIpc) is 2.72. The van der Waals surface area contributed by atoms with Crippen LogP contribution in [0.2, 0.25) is 39.3 Å². The Morgan fingerprint density at radius 3 is 1.23 bits per heavy atom. The predicted octanol–water partition coefficient (Wildman–Crippen LogP) is 6.25. The topological polar surface area (TPSA) is 9.23 Å². The summed E-state index contributed by atoms with van der Waals surface area (Å²) < 4.78 is 7.31. The third-order valence-corrected chi connectivity index (χ3v) is 33.8. The molecule has 0 saturated carbocycles. The number of hydrogen-bond donors (Lipinski definition) is 0. The summed E-state index contributed by atoms with van der Waals surface area (Å²) in [7, 11) is -6.34. The minimum atomic E-state index is -2.77. The van der Waals surface area contributed by atoms with E-state index in [1.165, 1.54) is 10.4 Å². The van der Waals surface area contributed by atoms with Gasteiger partial charge in [0.15, 0.2) is 0 Å². The van der Waals surface area contributed by atoms with Crippen molar-refractivity contribution in [2.75, 3.05) is 0 Å². The van der Waals surface area contributed by atoms with Crippen molar-refractivity contribution in [3.8, 4) is 5.75 Å². The van der Waals surface area contributed by atoms with Gasteiger partial charge in [-0.05, 0) is 22.5 Å². The number of benzene rings is 3. The Hall–Kier alpha value is -1.41. The molecule has 1 nitrogen and oxygen atoms in total. The van der Waals surface area contributed by atoms with Gasteiger partial charge in [-0.1, -0.05) is 134 Å². The van der Waals surface area contributed by atoms with Gasteiger partial charge in [0.05, 0.1) is 19.3 Å². The van der Waals surface area contributed by atoms with Gasteiger partial charge < -0.3 is 4.43 Å². The number of hydrogen-bond acceptors (Lipinski definition) is 1. The summed E-state index contributed by atoms with van der Waals surface area (Å²) in [5.41, 5.74) is 0. The quantitative estimate of drug-likeness (QED) is 0.268. The standard InChI is InChI=1S/C25H33BrOSi3/c1-28(2,3)25(26,29(4,5)6)30(23-18-12-8-13-19-23,24-20-14-9-15-21-24)27-22-16-10-7-11-17-22/h7-21H,1-6H3. The molecule has 0 aromatic heterocycles. The first-order valence-electron chi connectivity index (χ1n) is 10.6. The summed E-state index contributed by atoms with van der Waals surface area (Å²) in [6, 6.07) is 32.4.